The van der Waals surface area contributed by atoms with E-state index in [-0.39, 0.29) is 17.9 Å². The van der Waals surface area contributed by atoms with Crippen molar-refractivity contribution in [2.75, 3.05) is 19.0 Å². The molecule has 0 saturated heterocycles. The van der Waals surface area contributed by atoms with Gasteiger partial charge in [0.05, 0.1) is 7.11 Å². The predicted octanol–water partition coefficient (Wildman–Crippen LogP) is 4.18. The lowest BCUT2D eigenvalue weighted by Crippen LogP contribution is -2.20. The maximum Gasteiger partial charge on any atom is 0.264 e. The molecule has 2 aromatic carbocycles. The number of anilines is 1. The Morgan fingerprint density at radius 1 is 1.03 bits per heavy atom. The largest absolute Gasteiger partial charge is 0.497 e. The summed E-state index contributed by atoms with van der Waals surface area (Å²) in [4.78, 5) is 12.9. The molecule has 0 aliphatic carbocycles. The van der Waals surface area contributed by atoms with Gasteiger partial charge in [-0.3, -0.25) is 10.1 Å². The molecule has 31 heavy (non-hydrogen) atoms. The van der Waals surface area contributed by atoms with Gasteiger partial charge in [0, 0.05) is 5.56 Å². The number of fused-ring (bicyclic) bond motifs is 1. The van der Waals surface area contributed by atoms with Gasteiger partial charge in [-0.2, -0.15) is 4.52 Å². The minimum absolute atomic E-state index is 0.0673. The van der Waals surface area contributed by atoms with Crippen molar-refractivity contribution in [2.24, 2.45) is 0 Å². The van der Waals surface area contributed by atoms with Crippen LogP contribution in [0.3, 0.4) is 0 Å². The van der Waals surface area contributed by atoms with Gasteiger partial charge in [0.1, 0.15) is 11.5 Å². The first-order chi connectivity index (χ1) is 14.8. The van der Waals surface area contributed by atoms with Crippen molar-refractivity contribution in [1.29, 1.82) is 0 Å². The number of nitrogens with zero attached hydrogens (tertiary/aromatic N) is 4. The normalized spacial score (nSPS) is 11.5. The van der Waals surface area contributed by atoms with Crippen molar-refractivity contribution >= 4 is 27.3 Å². The van der Waals surface area contributed by atoms with E-state index in [9.17, 15) is 4.79 Å². The van der Waals surface area contributed by atoms with E-state index in [4.69, 9.17) is 9.47 Å². The van der Waals surface area contributed by atoms with E-state index in [0.29, 0.717) is 21.7 Å². The monoisotopic (exact) mass is 437 g/mol. The fourth-order valence-corrected chi connectivity index (χ4v) is 3.70. The highest BCUT2D eigenvalue weighted by Crippen LogP contribution is 2.26. The minimum atomic E-state index is -0.296. The third-order valence-corrected chi connectivity index (χ3v) is 5.49. The van der Waals surface area contributed by atoms with Crippen LogP contribution in [-0.4, -0.2) is 39.4 Å². The van der Waals surface area contributed by atoms with Gasteiger partial charge in [-0.25, -0.2) is 0 Å². The lowest BCUT2D eigenvalue weighted by atomic mass is 9.87. The van der Waals surface area contributed by atoms with Gasteiger partial charge in [0.15, 0.2) is 12.4 Å². The fraction of sp³-hybridized carbons (Fsp3) is 0.273. The Labute approximate surface area is 183 Å². The third kappa shape index (κ3) is 4.66. The summed E-state index contributed by atoms with van der Waals surface area (Å²) in [5, 5.41) is 15.9. The number of nitrogens with one attached hydrogen (secondary N) is 1. The van der Waals surface area contributed by atoms with Crippen LogP contribution in [0.25, 0.3) is 16.3 Å². The summed E-state index contributed by atoms with van der Waals surface area (Å²) < 4.78 is 12.4. The molecule has 4 aromatic rings. The first-order valence-corrected chi connectivity index (χ1v) is 10.5. The number of ether oxygens (including phenoxy) is 2. The Morgan fingerprint density at radius 2 is 1.71 bits per heavy atom. The second-order valence-electron chi connectivity index (χ2n) is 7.96. The zero-order valence-electron chi connectivity index (χ0n) is 17.7. The highest BCUT2D eigenvalue weighted by Gasteiger charge is 2.16. The van der Waals surface area contributed by atoms with Crippen molar-refractivity contribution in [3.8, 4) is 22.9 Å². The number of hydrogen-bond acceptors (Lipinski definition) is 7. The Kier molecular flexibility index (Phi) is 5.60. The Hall–Kier alpha value is -3.46. The number of amides is 1. The number of methoxy groups -OCH3 is 1. The lowest BCUT2D eigenvalue weighted by Gasteiger charge is -2.19. The zero-order valence-corrected chi connectivity index (χ0v) is 18.6. The molecule has 0 spiro atoms. The molecule has 0 aliphatic rings. The van der Waals surface area contributed by atoms with E-state index in [1.54, 1.807) is 11.6 Å². The number of aromatic nitrogens is 4. The summed E-state index contributed by atoms with van der Waals surface area (Å²) >= 11 is 1.24. The van der Waals surface area contributed by atoms with Gasteiger partial charge in [-0.1, -0.05) is 44.2 Å². The molecule has 9 heteroatoms. The molecule has 0 atom stereocenters. The SMILES string of the molecule is COc1ccc(-c2nnc3sc(NC(=O)COc4ccc(C(C)(C)C)cc4)nn23)cc1. The molecule has 1 amide bonds. The molecule has 1 N–H and O–H groups in total. The molecule has 0 bridgehead atoms. The average molecular weight is 438 g/mol. The standard InChI is InChI=1S/C22H23N5O3S/c1-22(2,3)15-7-11-17(12-8-15)30-13-18(28)23-20-26-27-19(24-25-21(27)31-20)14-5-9-16(29-4)10-6-14/h5-12H,13H2,1-4H3,(H,23,26,28). The van der Waals surface area contributed by atoms with E-state index in [2.05, 4.69) is 41.4 Å². The fourth-order valence-electron chi connectivity index (χ4n) is 2.94. The second-order valence-corrected chi connectivity index (χ2v) is 8.92. The molecular formula is C22H23N5O3S. The summed E-state index contributed by atoms with van der Waals surface area (Å²) in [6.07, 6.45) is 0. The van der Waals surface area contributed by atoms with Crippen LogP contribution >= 0.6 is 11.3 Å². The summed E-state index contributed by atoms with van der Waals surface area (Å²) in [5.41, 5.74) is 2.12. The third-order valence-electron chi connectivity index (χ3n) is 4.68. The maximum absolute atomic E-state index is 12.3. The number of benzene rings is 2. The van der Waals surface area contributed by atoms with Crippen molar-refractivity contribution < 1.29 is 14.3 Å². The number of hydrogen-bond donors (Lipinski definition) is 1. The molecule has 2 aromatic heterocycles. The topological polar surface area (TPSA) is 90.6 Å². The number of rotatable bonds is 6. The molecule has 0 saturated carbocycles. The Morgan fingerprint density at radius 3 is 2.35 bits per heavy atom. The van der Waals surface area contributed by atoms with Crippen molar-refractivity contribution in [2.45, 2.75) is 26.2 Å². The molecule has 0 aliphatic heterocycles. The Bertz CT molecular complexity index is 1190. The zero-order chi connectivity index (χ0) is 22.0. The van der Waals surface area contributed by atoms with E-state index >= 15 is 0 Å². The van der Waals surface area contributed by atoms with Gasteiger partial charge in [-0.15, -0.1) is 15.3 Å². The van der Waals surface area contributed by atoms with Gasteiger partial charge in [0.2, 0.25) is 10.1 Å². The van der Waals surface area contributed by atoms with Crippen LogP contribution < -0.4 is 14.8 Å². The van der Waals surface area contributed by atoms with Crippen molar-refractivity contribution in [3.63, 3.8) is 0 Å². The van der Waals surface area contributed by atoms with Crippen LogP contribution in [0, 0.1) is 0 Å². The van der Waals surface area contributed by atoms with Crippen LogP contribution in [0.5, 0.6) is 11.5 Å². The molecular weight excluding hydrogens is 414 g/mol. The number of carbonyl (C=O) groups is 1. The van der Waals surface area contributed by atoms with Gasteiger partial charge >= 0.3 is 0 Å². The van der Waals surface area contributed by atoms with Gasteiger partial charge in [-0.05, 0) is 47.4 Å². The summed E-state index contributed by atoms with van der Waals surface area (Å²) in [7, 11) is 1.62. The summed E-state index contributed by atoms with van der Waals surface area (Å²) in [6.45, 7) is 6.34. The maximum atomic E-state index is 12.3. The average Bonchev–Trinajstić information content (AvgIpc) is 3.32. The van der Waals surface area contributed by atoms with E-state index in [1.165, 1.54) is 16.9 Å². The lowest BCUT2D eigenvalue weighted by molar-refractivity contribution is -0.118. The molecule has 160 valence electrons. The predicted molar refractivity (Wildman–Crippen MR) is 120 cm³/mol. The summed E-state index contributed by atoms with van der Waals surface area (Å²) in [6, 6.07) is 15.2. The van der Waals surface area contributed by atoms with Crippen LogP contribution in [-0.2, 0) is 10.2 Å². The molecule has 4 rings (SSSR count). The van der Waals surface area contributed by atoms with Crippen molar-refractivity contribution in [3.05, 3.63) is 54.1 Å². The van der Waals surface area contributed by atoms with Crippen LogP contribution in [0.4, 0.5) is 5.13 Å². The Balaban J connectivity index is 1.40. The number of carbonyl (C=O) groups excluding carboxylic acids is 1. The quantitative estimate of drug-likeness (QED) is 0.487. The second kappa shape index (κ2) is 8.35. The molecule has 0 unspecified atom stereocenters. The summed E-state index contributed by atoms with van der Waals surface area (Å²) in [5.74, 6) is 1.69. The van der Waals surface area contributed by atoms with E-state index < -0.39 is 0 Å². The van der Waals surface area contributed by atoms with Crippen LogP contribution in [0.1, 0.15) is 26.3 Å². The molecule has 2 heterocycles. The molecule has 0 radical (unpaired) electrons. The highest BCUT2D eigenvalue weighted by atomic mass is 32.1. The van der Waals surface area contributed by atoms with Crippen LogP contribution in [0.2, 0.25) is 0 Å². The van der Waals surface area contributed by atoms with Crippen molar-refractivity contribution in [1.82, 2.24) is 19.8 Å². The molecule has 8 nitrogen and oxygen atoms in total. The first-order valence-electron chi connectivity index (χ1n) is 9.73. The minimum Gasteiger partial charge on any atom is -0.497 e. The van der Waals surface area contributed by atoms with Gasteiger partial charge in [0.25, 0.3) is 5.91 Å². The van der Waals surface area contributed by atoms with E-state index in [1.807, 2.05) is 48.5 Å². The van der Waals surface area contributed by atoms with Gasteiger partial charge < -0.3 is 9.47 Å². The van der Waals surface area contributed by atoms with E-state index in [0.717, 1.165) is 11.3 Å². The first kappa shape index (κ1) is 20.8. The molecule has 0 fully saturated rings. The highest BCUT2D eigenvalue weighted by molar-refractivity contribution is 7.20. The smallest absolute Gasteiger partial charge is 0.264 e. The van der Waals surface area contributed by atoms with Crippen LogP contribution in [0.15, 0.2) is 48.5 Å².